The van der Waals surface area contributed by atoms with E-state index in [-0.39, 0.29) is 18.3 Å². The van der Waals surface area contributed by atoms with Gasteiger partial charge in [-0.3, -0.25) is 19.6 Å². The number of nitrogens with zero attached hydrogens (tertiary/aromatic N) is 5. The molecule has 0 bridgehead atoms. The lowest BCUT2D eigenvalue weighted by molar-refractivity contribution is -0.385. The molecule has 11 heteroatoms. The minimum atomic E-state index is -0.726. The van der Waals surface area contributed by atoms with Crippen molar-refractivity contribution in [3.05, 3.63) is 63.1 Å². The van der Waals surface area contributed by atoms with Crippen LogP contribution in [0.2, 0.25) is 0 Å². The van der Waals surface area contributed by atoms with Crippen LogP contribution in [-0.4, -0.2) is 30.4 Å². The minimum absolute atomic E-state index is 0.127. The summed E-state index contributed by atoms with van der Waals surface area (Å²) < 4.78 is 9.41. The van der Waals surface area contributed by atoms with Crippen LogP contribution in [0.15, 0.2) is 47.3 Å². The molecule has 0 aliphatic carbocycles. The molecule has 0 saturated carbocycles. The smallest absolute Gasteiger partial charge is 0.309 e. The van der Waals surface area contributed by atoms with Crippen LogP contribution < -0.4 is 10.1 Å². The van der Waals surface area contributed by atoms with E-state index in [0.29, 0.717) is 17.1 Å². The maximum absolute atomic E-state index is 12.5. The van der Waals surface area contributed by atoms with Crippen LogP contribution in [0.25, 0.3) is 0 Å². The Balaban J connectivity index is 1.60. The predicted octanol–water partition coefficient (Wildman–Crippen LogP) is 3.29. The van der Waals surface area contributed by atoms with E-state index in [0.717, 1.165) is 10.7 Å². The molecule has 2 heterocycles. The first-order valence-corrected chi connectivity index (χ1v) is 9.04. The van der Waals surface area contributed by atoms with Crippen molar-refractivity contribution in [1.82, 2.24) is 19.6 Å². The maximum Gasteiger partial charge on any atom is 0.309 e. The summed E-state index contributed by atoms with van der Waals surface area (Å²) in [5.41, 5.74) is 0.666. The Morgan fingerprint density at radius 1 is 1.32 bits per heavy atom. The van der Waals surface area contributed by atoms with Gasteiger partial charge in [0.05, 0.1) is 23.0 Å². The molecule has 0 saturated heterocycles. The molecule has 0 spiro atoms. The first kappa shape index (κ1) is 19.5. The maximum atomic E-state index is 12.5. The summed E-state index contributed by atoms with van der Waals surface area (Å²) in [6, 6.07) is 6.66. The van der Waals surface area contributed by atoms with E-state index in [1.54, 1.807) is 20.0 Å². The predicted molar refractivity (Wildman–Crippen MR) is 104 cm³/mol. The van der Waals surface area contributed by atoms with Crippen LogP contribution in [0.1, 0.15) is 18.7 Å². The van der Waals surface area contributed by atoms with Crippen molar-refractivity contribution < 1.29 is 14.5 Å². The molecule has 0 aliphatic rings. The second kappa shape index (κ2) is 8.21. The van der Waals surface area contributed by atoms with Crippen LogP contribution in [0, 0.1) is 17.0 Å². The molecule has 1 atom stereocenters. The number of aromatic nitrogens is 4. The molecule has 2 aromatic heterocycles. The number of hydrogen-bond acceptors (Lipinski definition) is 6. The zero-order valence-corrected chi connectivity index (χ0v) is 16.7. The Bertz CT molecular complexity index is 998. The molecular weight excluding hydrogens is 432 g/mol. The van der Waals surface area contributed by atoms with Crippen molar-refractivity contribution >= 4 is 33.2 Å². The highest BCUT2D eigenvalue weighted by molar-refractivity contribution is 9.10. The van der Waals surface area contributed by atoms with Crippen molar-refractivity contribution in [1.29, 1.82) is 0 Å². The number of amides is 1. The summed E-state index contributed by atoms with van der Waals surface area (Å²) in [7, 11) is 0. The van der Waals surface area contributed by atoms with Gasteiger partial charge >= 0.3 is 5.69 Å². The number of rotatable bonds is 7. The molecule has 1 aromatic carbocycles. The van der Waals surface area contributed by atoms with Gasteiger partial charge in [0.15, 0.2) is 6.73 Å². The second-order valence-electron chi connectivity index (χ2n) is 5.98. The van der Waals surface area contributed by atoms with Crippen molar-refractivity contribution in [2.75, 3.05) is 5.32 Å². The lowest BCUT2D eigenvalue weighted by atomic mass is 10.3. The lowest BCUT2D eigenvalue weighted by Gasteiger charge is -2.13. The standard InChI is InChI=1S/C17H17BrN6O4/c1-11-16(24(26)27)8-20-23(11)12(2)17(25)21-14-7-19-22(9-14)10-28-15-5-3-13(18)4-6-15/h3-9,12H,10H2,1-2H3,(H,21,25). The number of carbonyl (C=O) groups is 1. The third-order valence-electron chi connectivity index (χ3n) is 4.04. The zero-order valence-electron chi connectivity index (χ0n) is 15.1. The number of halogens is 1. The van der Waals surface area contributed by atoms with Gasteiger partial charge in [-0.15, -0.1) is 0 Å². The molecule has 28 heavy (non-hydrogen) atoms. The minimum Gasteiger partial charge on any atom is -0.471 e. The van der Waals surface area contributed by atoms with Crippen molar-refractivity contribution in [3.63, 3.8) is 0 Å². The van der Waals surface area contributed by atoms with Gasteiger partial charge < -0.3 is 10.1 Å². The summed E-state index contributed by atoms with van der Waals surface area (Å²) in [5, 5.41) is 21.7. The van der Waals surface area contributed by atoms with Gasteiger partial charge in [0, 0.05) is 4.47 Å². The largest absolute Gasteiger partial charge is 0.471 e. The molecule has 1 N–H and O–H groups in total. The van der Waals surface area contributed by atoms with Crippen LogP contribution in [0.3, 0.4) is 0 Å². The Hall–Kier alpha value is -3.21. The molecule has 1 amide bonds. The van der Waals surface area contributed by atoms with E-state index in [4.69, 9.17) is 4.74 Å². The molecule has 0 aliphatic heterocycles. The molecule has 3 rings (SSSR count). The Kier molecular flexibility index (Phi) is 5.73. The first-order chi connectivity index (χ1) is 13.3. The number of nitrogens with one attached hydrogen (secondary N) is 1. The number of nitro groups is 1. The number of ether oxygens (including phenoxy) is 1. The second-order valence-corrected chi connectivity index (χ2v) is 6.89. The molecule has 1 unspecified atom stereocenters. The van der Waals surface area contributed by atoms with Crippen molar-refractivity contribution in [2.45, 2.75) is 26.6 Å². The van der Waals surface area contributed by atoms with Gasteiger partial charge in [0.25, 0.3) is 0 Å². The fourth-order valence-corrected chi connectivity index (χ4v) is 2.78. The zero-order chi connectivity index (χ0) is 20.3. The van der Waals surface area contributed by atoms with E-state index in [1.807, 2.05) is 24.3 Å². The lowest BCUT2D eigenvalue weighted by Crippen LogP contribution is -2.25. The molecule has 3 aromatic rings. The molecular formula is C17H17BrN6O4. The van der Waals surface area contributed by atoms with E-state index in [1.165, 1.54) is 15.6 Å². The SMILES string of the molecule is Cc1c([N+](=O)[O-])cnn1C(C)C(=O)Nc1cnn(COc2ccc(Br)cc2)c1. The number of benzene rings is 1. The van der Waals surface area contributed by atoms with Crippen LogP contribution in [0.4, 0.5) is 11.4 Å². The molecule has 10 nitrogen and oxygen atoms in total. The average molecular weight is 449 g/mol. The summed E-state index contributed by atoms with van der Waals surface area (Å²) in [5.74, 6) is 0.322. The highest BCUT2D eigenvalue weighted by Crippen LogP contribution is 2.21. The van der Waals surface area contributed by atoms with Crippen molar-refractivity contribution in [3.8, 4) is 5.75 Å². The highest BCUT2D eigenvalue weighted by atomic mass is 79.9. The monoisotopic (exact) mass is 448 g/mol. The molecule has 0 fully saturated rings. The summed E-state index contributed by atoms with van der Waals surface area (Å²) in [4.78, 5) is 22.8. The average Bonchev–Trinajstić information content (AvgIpc) is 3.27. The Morgan fingerprint density at radius 2 is 2.04 bits per heavy atom. The van der Waals surface area contributed by atoms with Crippen LogP contribution in [-0.2, 0) is 11.5 Å². The van der Waals surface area contributed by atoms with Gasteiger partial charge in [-0.1, -0.05) is 15.9 Å². The summed E-state index contributed by atoms with van der Waals surface area (Å²) in [6.07, 6.45) is 4.26. The van der Waals surface area contributed by atoms with E-state index >= 15 is 0 Å². The fraction of sp³-hybridized carbons (Fsp3) is 0.235. The third-order valence-corrected chi connectivity index (χ3v) is 4.57. The Labute approximate surface area is 168 Å². The number of hydrogen-bond donors (Lipinski definition) is 1. The van der Waals surface area contributed by atoms with E-state index < -0.39 is 11.0 Å². The number of anilines is 1. The quantitative estimate of drug-likeness (QED) is 0.437. The van der Waals surface area contributed by atoms with Gasteiger partial charge in [-0.05, 0) is 38.1 Å². The molecule has 146 valence electrons. The van der Waals surface area contributed by atoms with Gasteiger partial charge in [0.2, 0.25) is 5.91 Å². The van der Waals surface area contributed by atoms with Gasteiger partial charge in [0.1, 0.15) is 23.7 Å². The fourth-order valence-electron chi connectivity index (χ4n) is 2.51. The van der Waals surface area contributed by atoms with Crippen LogP contribution >= 0.6 is 15.9 Å². The van der Waals surface area contributed by atoms with Gasteiger partial charge in [-0.2, -0.15) is 10.2 Å². The first-order valence-electron chi connectivity index (χ1n) is 8.25. The summed E-state index contributed by atoms with van der Waals surface area (Å²) >= 11 is 3.36. The van der Waals surface area contributed by atoms with Crippen molar-refractivity contribution in [2.24, 2.45) is 0 Å². The highest BCUT2D eigenvalue weighted by Gasteiger charge is 2.24. The van der Waals surface area contributed by atoms with E-state index in [9.17, 15) is 14.9 Å². The normalized spacial score (nSPS) is 11.8. The summed E-state index contributed by atoms with van der Waals surface area (Å²) in [6.45, 7) is 3.34. The topological polar surface area (TPSA) is 117 Å². The van der Waals surface area contributed by atoms with E-state index in [2.05, 4.69) is 31.4 Å². The molecule has 0 radical (unpaired) electrons. The third kappa shape index (κ3) is 4.36. The van der Waals surface area contributed by atoms with Gasteiger partial charge in [-0.25, -0.2) is 4.68 Å². The van der Waals surface area contributed by atoms with Crippen LogP contribution in [0.5, 0.6) is 5.75 Å². The number of carbonyl (C=O) groups excluding carboxylic acids is 1. The Morgan fingerprint density at radius 3 is 2.68 bits per heavy atom.